The molecule has 0 amide bonds. The quantitative estimate of drug-likeness (QED) is 0.490. The molecular weight excluding hydrogens is 348 g/mol. The van der Waals surface area contributed by atoms with Crippen molar-refractivity contribution in [1.82, 2.24) is 9.72 Å². The van der Waals surface area contributed by atoms with Gasteiger partial charge in [-0.1, -0.05) is 5.16 Å². The highest BCUT2D eigenvalue weighted by Crippen LogP contribution is 2.21. The summed E-state index contributed by atoms with van der Waals surface area (Å²) in [4.78, 5) is 24.0. The molecular formula is C20H20N2O5. The molecule has 3 aromatic rings. The second kappa shape index (κ2) is 7.49. The molecule has 0 aliphatic carbocycles. The van der Waals surface area contributed by atoms with Crippen LogP contribution in [0.5, 0.6) is 5.75 Å². The Morgan fingerprint density at radius 1 is 1.11 bits per heavy atom. The maximum absolute atomic E-state index is 12.6. The van der Waals surface area contributed by atoms with E-state index < -0.39 is 5.97 Å². The van der Waals surface area contributed by atoms with Gasteiger partial charge in [-0.25, -0.2) is 4.79 Å². The molecule has 7 heteroatoms. The van der Waals surface area contributed by atoms with Crippen molar-refractivity contribution in [1.29, 1.82) is 0 Å². The van der Waals surface area contributed by atoms with Gasteiger partial charge in [0.05, 0.1) is 12.7 Å². The molecule has 0 aliphatic heterocycles. The maximum Gasteiger partial charge on any atom is 0.337 e. The van der Waals surface area contributed by atoms with E-state index in [1.807, 2.05) is 37.5 Å². The summed E-state index contributed by atoms with van der Waals surface area (Å²) in [5.74, 6) is 1.27. The van der Waals surface area contributed by atoms with Crippen LogP contribution in [-0.2, 0) is 4.74 Å². The first-order valence-electron chi connectivity index (χ1n) is 8.37. The zero-order valence-corrected chi connectivity index (χ0v) is 15.6. The highest BCUT2D eigenvalue weighted by Gasteiger charge is 2.19. The SMILES string of the molecule is COC(=O)c1ccc(OCC(=O)c2cc(C)n(-c3cc(C)on3)c2C)cc1. The van der Waals surface area contributed by atoms with Gasteiger partial charge in [0.1, 0.15) is 11.5 Å². The van der Waals surface area contributed by atoms with Crippen LogP contribution in [0.1, 0.15) is 37.9 Å². The Hall–Kier alpha value is -3.35. The molecule has 140 valence electrons. The Morgan fingerprint density at radius 3 is 2.41 bits per heavy atom. The normalized spacial score (nSPS) is 10.7. The summed E-state index contributed by atoms with van der Waals surface area (Å²) in [7, 11) is 1.32. The van der Waals surface area contributed by atoms with E-state index in [2.05, 4.69) is 9.89 Å². The third-order valence-electron chi connectivity index (χ3n) is 4.22. The van der Waals surface area contributed by atoms with Gasteiger partial charge >= 0.3 is 5.97 Å². The van der Waals surface area contributed by atoms with Gasteiger partial charge in [-0.15, -0.1) is 0 Å². The van der Waals surface area contributed by atoms with Crippen molar-refractivity contribution < 1.29 is 23.6 Å². The van der Waals surface area contributed by atoms with Crippen LogP contribution in [0, 0.1) is 20.8 Å². The van der Waals surface area contributed by atoms with Crippen LogP contribution in [0.4, 0.5) is 0 Å². The Bertz CT molecular complexity index is 982. The van der Waals surface area contributed by atoms with Crippen LogP contribution in [0.3, 0.4) is 0 Å². The number of rotatable bonds is 6. The van der Waals surface area contributed by atoms with E-state index in [0.717, 1.165) is 11.4 Å². The number of hydrogen-bond donors (Lipinski definition) is 0. The molecule has 0 spiro atoms. The van der Waals surface area contributed by atoms with Crippen molar-refractivity contribution in [2.45, 2.75) is 20.8 Å². The summed E-state index contributed by atoms with van der Waals surface area (Å²) in [5.41, 5.74) is 2.64. The molecule has 2 heterocycles. The molecule has 27 heavy (non-hydrogen) atoms. The van der Waals surface area contributed by atoms with Crippen LogP contribution in [0.2, 0.25) is 0 Å². The number of carbonyl (C=O) groups excluding carboxylic acids is 2. The van der Waals surface area contributed by atoms with E-state index in [0.29, 0.717) is 28.5 Å². The lowest BCUT2D eigenvalue weighted by molar-refractivity contribution is 0.0600. The van der Waals surface area contributed by atoms with Crippen LogP contribution >= 0.6 is 0 Å². The average molecular weight is 368 g/mol. The summed E-state index contributed by atoms with van der Waals surface area (Å²) >= 11 is 0. The van der Waals surface area contributed by atoms with Crippen molar-refractivity contribution in [3.63, 3.8) is 0 Å². The number of Topliss-reactive ketones (excluding diaryl/α,β-unsaturated/α-hetero) is 1. The lowest BCUT2D eigenvalue weighted by Crippen LogP contribution is -2.13. The monoisotopic (exact) mass is 368 g/mol. The molecule has 0 fully saturated rings. The number of ether oxygens (including phenoxy) is 2. The van der Waals surface area contributed by atoms with Crippen molar-refractivity contribution >= 4 is 11.8 Å². The van der Waals surface area contributed by atoms with Gasteiger partial charge in [0.2, 0.25) is 5.78 Å². The third kappa shape index (κ3) is 3.76. The minimum atomic E-state index is -0.423. The topological polar surface area (TPSA) is 83.6 Å². The molecule has 2 aromatic heterocycles. The highest BCUT2D eigenvalue weighted by atomic mass is 16.5. The molecule has 0 atom stereocenters. The number of hydrogen-bond acceptors (Lipinski definition) is 6. The first-order valence-corrected chi connectivity index (χ1v) is 8.37. The minimum Gasteiger partial charge on any atom is -0.485 e. The molecule has 0 saturated carbocycles. The molecule has 3 rings (SSSR count). The lowest BCUT2D eigenvalue weighted by Gasteiger charge is -2.07. The van der Waals surface area contributed by atoms with Gasteiger partial charge in [-0.3, -0.25) is 9.36 Å². The molecule has 1 aromatic carbocycles. The second-order valence-electron chi connectivity index (χ2n) is 6.14. The van der Waals surface area contributed by atoms with E-state index >= 15 is 0 Å². The predicted molar refractivity (Wildman–Crippen MR) is 97.6 cm³/mol. The lowest BCUT2D eigenvalue weighted by atomic mass is 10.1. The average Bonchev–Trinajstić information content (AvgIpc) is 3.21. The maximum atomic E-state index is 12.6. The smallest absolute Gasteiger partial charge is 0.337 e. The van der Waals surface area contributed by atoms with Crippen molar-refractivity contribution in [3.05, 3.63) is 64.7 Å². The Labute approximate surface area is 156 Å². The summed E-state index contributed by atoms with van der Waals surface area (Å²) < 4.78 is 17.2. The van der Waals surface area contributed by atoms with Gasteiger partial charge in [-0.2, -0.15) is 0 Å². The predicted octanol–water partition coefficient (Wildman–Crippen LogP) is 3.44. The molecule has 0 saturated heterocycles. The molecule has 0 N–H and O–H groups in total. The van der Waals surface area contributed by atoms with E-state index in [9.17, 15) is 9.59 Å². The van der Waals surface area contributed by atoms with Crippen LogP contribution in [0.15, 0.2) is 40.9 Å². The van der Waals surface area contributed by atoms with Crippen LogP contribution in [0.25, 0.3) is 5.82 Å². The number of ketones is 1. The van der Waals surface area contributed by atoms with Crippen LogP contribution < -0.4 is 4.74 Å². The number of nitrogens with zero attached hydrogens (tertiary/aromatic N) is 2. The summed E-state index contributed by atoms with van der Waals surface area (Å²) in [6, 6.07) is 10.1. The van der Waals surface area contributed by atoms with E-state index in [-0.39, 0.29) is 12.4 Å². The summed E-state index contributed by atoms with van der Waals surface area (Å²) in [6.07, 6.45) is 0. The number of aromatic nitrogens is 2. The summed E-state index contributed by atoms with van der Waals surface area (Å²) in [6.45, 7) is 5.46. The molecule has 7 nitrogen and oxygen atoms in total. The van der Waals surface area contributed by atoms with Crippen LogP contribution in [-0.4, -0.2) is 35.2 Å². The summed E-state index contributed by atoms with van der Waals surface area (Å²) in [5, 5.41) is 4.01. The zero-order chi connectivity index (χ0) is 19.6. The van der Waals surface area contributed by atoms with Gasteiger partial charge in [0.25, 0.3) is 0 Å². The van der Waals surface area contributed by atoms with Crippen molar-refractivity contribution in [2.24, 2.45) is 0 Å². The van der Waals surface area contributed by atoms with Gasteiger partial charge in [0, 0.05) is 23.0 Å². The largest absolute Gasteiger partial charge is 0.485 e. The van der Waals surface area contributed by atoms with Gasteiger partial charge < -0.3 is 14.0 Å². The molecule has 0 radical (unpaired) electrons. The Kier molecular flexibility index (Phi) is 5.12. The number of methoxy groups -OCH3 is 1. The minimum absolute atomic E-state index is 0.111. The first-order chi connectivity index (χ1) is 12.9. The fraction of sp³-hybridized carbons (Fsp3) is 0.250. The molecule has 0 bridgehead atoms. The highest BCUT2D eigenvalue weighted by molar-refractivity contribution is 5.98. The fourth-order valence-electron chi connectivity index (χ4n) is 2.89. The Morgan fingerprint density at radius 2 is 1.81 bits per heavy atom. The Balaban J connectivity index is 1.72. The number of aryl methyl sites for hydroxylation is 2. The van der Waals surface area contributed by atoms with Crippen molar-refractivity contribution in [3.8, 4) is 11.6 Å². The second-order valence-corrected chi connectivity index (χ2v) is 6.14. The number of benzene rings is 1. The van der Waals surface area contributed by atoms with E-state index in [4.69, 9.17) is 9.26 Å². The third-order valence-corrected chi connectivity index (χ3v) is 4.22. The fourth-order valence-corrected chi connectivity index (χ4v) is 2.89. The number of carbonyl (C=O) groups is 2. The van der Waals surface area contributed by atoms with Gasteiger partial charge in [0.15, 0.2) is 12.4 Å². The number of esters is 1. The van der Waals surface area contributed by atoms with Gasteiger partial charge in [-0.05, 0) is 51.1 Å². The first kappa shape index (κ1) is 18.4. The van der Waals surface area contributed by atoms with E-state index in [1.165, 1.54) is 7.11 Å². The standard InChI is InChI=1S/C20H20N2O5/c1-12-9-17(14(3)22(12)19-10-13(2)27-21-19)18(23)11-26-16-7-5-15(6-8-16)20(24)25-4/h5-10H,11H2,1-4H3. The zero-order valence-electron chi connectivity index (χ0n) is 15.6. The molecule has 0 unspecified atom stereocenters. The molecule has 0 aliphatic rings. The van der Waals surface area contributed by atoms with Crippen molar-refractivity contribution in [2.75, 3.05) is 13.7 Å². The van der Waals surface area contributed by atoms with E-state index in [1.54, 1.807) is 24.3 Å².